The molecule has 28 heavy (non-hydrogen) atoms. The molecule has 3 rings (SSSR count). The summed E-state index contributed by atoms with van der Waals surface area (Å²) in [7, 11) is 0. The van der Waals surface area contributed by atoms with E-state index in [2.05, 4.69) is 5.32 Å². The van der Waals surface area contributed by atoms with E-state index in [4.69, 9.17) is 21.1 Å². The molecule has 0 saturated carbocycles. The molecule has 144 valence electrons. The third-order valence-corrected chi connectivity index (χ3v) is 4.66. The van der Waals surface area contributed by atoms with Crippen molar-refractivity contribution in [2.24, 2.45) is 0 Å². The molecule has 1 aliphatic heterocycles. The third-order valence-electron chi connectivity index (χ3n) is 4.41. The quantitative estimate of drug-likeness (QED) is 0.564. The maximum Gasteiger partial charge on any atom is 0.262 e. The van der Waals surface area contributed by atoms with E-state index < -0.39 is 5.91 Å². The zero-order chi connectivity index (χ0) is 19.8. The van der Waals surface area contributed by atoms with Gasteiger partial charge in [0.25, 0.3) is 5.91 Å². The molecule has 1 unspecified atom stereocenters. The number of nitrogens with one attached hydrogen (secondary N) is 1. The zero-order valence-corrected chi connectivity index (χ0v) is 16.1. The van der Waals surface area contributed by atoms with Gasteiger partial charge in [0.15, 0.2) is 0 Å². The fourth-order valence-electron chi connectivity index (χ4n) is 2.88. The molecule has 1 N–H and O–H groups in total. The van der Waals surface area contributed by atoms with Crippen LogP contribution in [0.3, 0.4) is 0 Å². The monoisotopic (exact) mass is 396 g/mol. The number of ether oxygens (including phenoxy) is 2. The van der Waals surface area contributed by atoms with Gasteiger partial charge in [0.05, 0.1) is 6.10 Å². The first-order chi connectivity index (χ1) is 13.7. The fraction of sp³-hybridized carbons (Fsp3) is 0.273. The Morgan fingerprint density at radius 3 is 2.79 bits per heavy atom. The maximum atomic E-state index is 12.3. The lowest BCUT2D eigenvalue weighted by atomic mass is 10.1. The minimum absolute atomic E-state index is 0.0267. The number of halogens is 1. The lowest BCUT2D eigenvalue weighted by molar-refractivity contribution is -0.117. The molecule has 0 spiro atoms. The smallest absolute Gasteiger partial charge is 0.262 e. The van der Waals surface area contributed by atoms with Gasteiger partial charge < -0.3 is 14.8 Å². The Hall–Kier alpha value is -2.81. The van der Waals surface area contributed by atoms with Crippen molar-refractivity contribution in [1.82, 2.24) is 5.32 Å². The van der Waals surface area contributed by atoms with Gasteiger partial charge in [-0.1, -0.05) is 41.9 Å². The average molecular weight is 397 g/mol. The van der Waals surface area contributed by atoms with Crippen LogP contribution in [-0.2, 0) is 16.1 Å². The van der Waals surface area contributed by atoms with Gasteiger partial charge in [-0.3, -0.25) is 4.79 Å². The molecule has 1 saturated heterocycles. The van der Waals surface area contributed by atoms with Crippen LogP contribution in [0.5, 0.6) is 5.75 Å². The average Bonchev–Trinajstić information content (AvgIpc) is 3.24. The van der Waals surface area contributed by atoms with E-state index in [0.29, 0.717) is 29.5 Å². The molecule has 2 aromatic rings. The van der Waals surface area contributed by atoms with Gasteiger partial charge in [0, 0.05) is 23.7 Å². The van der Waals surface area contributed by atoms with E-state index in [0.717, 1.165) is 25.0 Å². The minimum Gasteiger partial charge on any atom is -0.488 e. The second kappa shape index (κ2) is 9.93. The summed E-state index contributed by atoms with van der Waals surface area (Å²) in [5.41, 5.74) is 1.67. The van der Waals surface area contributed by atoms with Crippen LogP contribution in [0.4, 0.5) is 0 Å². The van der Waals surface area contributed by atoms with Crippen molar-refractivity contribution in [2.75, 3.05) is 13.2 Å². The molecule has 1 aliphatic rings. The summed E-state index contributed by atoms with van der Waals surface area (Å²) in [4.78, 5) is 12.3. The van der Waals surface area contributed by atoms with E-state index in [1.54, 1.807) is 24.3 Å². The topological polar surface area (TPSA) is 71.3 Å². The highest BCUT2D eigenvalue weighted by Crippen LogP contribution is 2.22. The molecule has 1 heterocycles. The van der Waals surface area contributed by atoms with E-state index in [9.17, 15) is 10.1 Å². The van der Waals surface area contributed by atoms with Crippen LogP contribution in [0.1, 0.15) is 24.0 Å². The standard InChI is InChI=1S/C22H21ClN2O3/c23-19-9-7-16(8-10-19)15-28-21-6-2-1-4-17(21)12-18(13-24)22(26)25-14-20-5-3-11-27-20/h1-2,4,6-10,12,20H,3,5,11,14-15H2,(H,25,26)/b18-12-. The number of para-hydroxylation sites is 1. The molecule has 1 atom stereocenters. The number of hydrogen-bond acceptors (Lipinski definition) is 4. The van der Waals surface area contributed by atoms with Gasteiger partial charge in [-0.25, -0.2) is 0 Å². The van der Waals surface area contributed by atoms with E-state index in [1.807, 2.05) is 36.4 Å². The van der Waals surface area contributed by atoms with Gasteiger partial charge in [-0.15, -0.1) is 0 Å². The molecule has 0 bridgehead atoms. The summed E-state index contributed by atoms with van der Waals surface area (Å²) in [5, 5.41) is 12.8. The Balaban J connectivity index is 1.67. The summed E-state index contributed by atoms with van der Waals surface area (Å²) in [6.07, 6.45) is 3.49. The molecule has 6 heteroatoms. The van der Waals surface area contributed by atoms with Crippen molar-refractivity contribution in [3.8, 4) is 11.8 Å². The summed E-state index contributed by atoms with van der Waals surface area (Å²) >= 11 is 5.90. The molecule has 2 aromatic carbocycles. The Kier molecular flexibility index (Phi) is 7.07. The van der Waals surface area contributed by atoms with Crippen LogP contribution in [0.2, 0.25) is 5.02 Å². The van der Waals surface area contributed by atoms with Crippen molar-refractivity contribution in [3.63, 3.8) is 0 Å². The van der Waals surface area contributed by atoms with Crippen molar-refractivity contribution in [2.45, 2.75) is 25.6 Å². The summed E-state index contributed by atoms with van der Waals surface area (Å²) in [6.45, 7) is 1.49. The van der Waals surface area contributed by atoms with Gasteiger partial charge >= 0.3 is 0 Å². The second-order valence-electron chi connectivity index (χ2n) is 6.47. The highest BCUT2D eigenvalue weighted by Gasteiger charge is 2.18. The van der Waals surface area contributed by atoms with Crippen LogP contribution >= 0.6 is 11.6 Å². The molecule has 0 aromatic heterocycles. The molecular formula is C22H21ClN2O3. The van der Waals surface area contributed by atoms with E-state index in [-0.39, 0.29) is 11.7 Å². The maximum absolute atomic E-state index is 12.3. The molecule has 1 amide bonds. The van der Waals surface area contributed by atoms with Crippen LogP contribution in [0, 0.1) is 11.3 Å². The van der Waals surface area contributed by atoms with E-state index >= 15 is 0 Å². The predicted octanol–water partition coefficient (Wildman–Crippen LogP) is 4.12. The number of benzene rings is 2. The first-order valence-electron chi connectivity index (χ1n) is 9.13. The zero-order valence-electron chi connectivity index (χ0n) is 15.4. The van der Waals surface area contributed by atoms with Gasteiger partial charge in [0.2, 0.25) is 0 Å². The second-order valence-corrected chi connectivity index (χ2v) is 6.90. The Morgan fingerprint density at radius 2 is 2.07 bits per heavy atom. The molecule has 1 fully saturated rings. The highest BCUT2D eigenvalue weighted by molar-refractivity contribution is 6.30. The normalized spacial score (nSPS) is 16.4. The first-order valence-corrected chi connectivity index (χ1v) is 9.51. The third kappa shape index (κ3) is 5.59. The largest absolute Gasteiger partial charge is 0.488 e. The summed E-state index contributed by atoms with van der Waals surface area (Å²) in [5.74, 6) is 0.183. The van der Waals surface area contributed by atoms with Gasteiger partial charge in [-0.05, 0) is 42.7 Å². The summed E-state index contributed by atoms with van der Waals surface area (Å²) in [6, 6.07) is 16.6. The predicted molar refractivity (Wildman–Crippen MR) is 108 cm³/mol. The lowest BCUT2D eigenvalue weighted by Gasteiger charge is -2.11. The van der Waals surface area contributed by atoms with Crippen LogP contribution < -0.4 is 10.1 Å². The van der Waals surface area contributed by atoms with Crippen molar-refractivity contribution < 1.29 is 14.3 Å². The number of nitrogens with zero attached hydrogens (tertiary/aromatic N) is 1. The fourth-order valence-corrected chi connectivity index (χ4v) is 3.01. The molecule has 0 radical (unpaired) electrons. The first kappa shape index (κ1) is 19.9. The van der Waals surface area contributed by atoms with Crippen molar-refractivity contribution in [1.29, 1.82) is 5.26 Å². The van der Waals surface area contributed by atoms with Crippen molar-refractivity contribution >= 4 is 23.6 Å². The highest BCUT2D eigenvalue weighted by atomic mass is 35.5. The number of carbonyl (C=O) groups is 1. The van der Waals surface area contributed by atoms with Crippen LogP contribution in [0.15, 0.2) is 54.1 Å². The van der Waals surface area contributed by atoms with Gasteiger partial charge in [0.1, 0.15) is 24.0 Å². The number of carbonyl (C=O) groups excluding carboxylic acids is 1. The molecule has 5 nitrogen and oxygen atoms in total. The SMILES string of the molecule is N#C/C(=C/c1ccccc1OCc1ccc(Cl)cc1)C(=O)NCC1CCCO1. The minimum atomic E-state index is -0.412. The number of nitriles is 1. The number of rotatable bonds is 7. The van der Waals surface area contributed by atoms with Crippen LogP contribution in [0.25, 0.3) is 6.08 Å². The van der Waals surface area contributed by atoms with E-state index in [1.165, 1.54) is 0 Å². The molecular weight excluding hydrogens is 376 g/mol. The van der Waals surface area contributed by atoms with Crippen LogP contribution in [-0.4, -0.2) is 25.2 Å². The number of amides is 1. The molecule has 0 aliphatic carbocycles. The van der Waals surface area contributed by atoms with Gasteiger partial charge in [-0.2, -0.15) is 5.26 Å². The summed E-state index contributed by atoms with van der Waals surface area (Å²) < 4.78 is 11.4. The number of hydrogen-bond donors (Lipinski definition) is 1. The van der Waals surface area contributed by atoms with Crippen molar-refractivity contribution in [3.05, 3.63) is 70.3 Å². The lowest BCUT2D eigenvalue weighted by Crippen LogP contribution is -2.32. The Labute approximate surface area is 169 Å². The Bertz CT molecular complexity index is 881. The Morgan fingerprint density at radius 1 is 1.29 bits per heavy atom.